The van der Waals surface area contributed by atoms with Gasteiger partial charge in [0.25, 0.3) is 5.92 Å². The third kappa shape index (κ3) is 2.16. The van der Waals surface area contributed by atoms with Crippen LogP contribution in [0.4, 0.5) is 8.78 Å². The Morgan fingerprint density at radius 1 is 1.38 bits per heavy atom. The first kappa shape index (κ1) is 11.3. The van der Waals surface area contributed by atoms with Crippen molar-refractivity contribution in [2.45, 2.75) is 18.8 Å². The fourth-order valence-corrected chi connectivity index (χ4v) is 2.00. The first-order valence-corrected chi connectivity index (χ1v) is 5.42. The van der Waals surface area contributed by atoms with Gasteiger partial charge >= 0.3 is 0 Å². The van der Waals surface area contributed by atoms with Gasteiger partial charge in [0.15, 0.2) is 0 Å². The fraction of sp³-hybridized carbons (Fsp3) is 0.500. The Morgan fingerprint density at radius 2 is 2.12 bits per heavy atom. The fourth-order valence-electron chi connectivity index (χ4n) is 2.00. The lowest BCUT2D eigenvalue weighted by Gasteiger charge is -2.31. The Kier molecular flexibility index (Phi) is 3.10. The molecular formula is C12H15F2NO. The summed E-state index contributed by atoms with van der Waals surface area (Å²) in [6.07, 6.45) is 0.0896. The number of halogens is 2. The summed E-state index contributed by atoms with van der Waals surface area (Å²) in [5.41, 5.74) is 6.05. The molecule has 1 aromatic carbocycles. The van der Waals surface area contributed by atoms with E-state index in [2.05, 4.69) is 0 Å². The molecule has 0 fully saturated rings. The van der Waals surface area contributed by atoms with Crippen molar-refractivity contribution in [2.75, 3.05) is 13.2 Å². The molecule has 1 unspecified atom stereocenters. The maximum absolute atomic E-state index is 13.6. The van der Waals surface area contributed by atoms with Crippen LogP contribution in [-0.4, -0.2) is 19.1 Å². The molecule has 0 amide bonds. The van der Waals surface area contributed by atoms with E-state index in [1.165, 1.54) is 0 Å². The molecule has 0 bridgehead atoms. The number of nitrogens with two attached hydrogens (primary N) is 1. The number of hydrogen-bond acceptors (Lipinski definition) is 2. The van der Waals surface area contributed by atoms with Crippen LogP contribution in [0, 0.1) is 5.92 Å². The lowest BCUT2D eigenvalue weighted by Crippen LogP contribution is -2.38. The van der Waals surface area contributed by atoms with Gasteiger partial charge in [0, 0.05) is 6.42 Å². The third-order valence-electron chi connectivity index (χ3n) is 2.95. The van der Waals surface area contributed by atoms with Crippen LogP contribution in [-0.2, 0) is 6.42 Å². The SMILES string of the molecule is NCCC(F)(F)C1COc2ccccc2C1. The first-order chi connectivity index (χ1) is 7.63. The van der Waals surface area contributed by atoms with E-state index in [9.17, 15) is 8.78 Å². The number of alkyl halides is 2. The summed E-state index contributed by atoms with van der Waals surface area (Å²) in [6, 6.07) is 7.33. The lowest BCUT2D eigenvalue weighted by molar-refractivity contribution is -0.0810. The summed E-state index contributed by atoms with van der Waals surface area (Å²) >= 11 is 0. The molecule has 2 rings (SSSR count). The maximum atomic E-state index is 13.6. The minimum absolute atomic E-state index is 0.00511. The van der Waals surface area contributed by atoms with Crippen molar-refractivity contribution in [1.29, 1.82) is 0 Å². The van der Waals surface area contributed by atoms with E-state index in [0.29, 0.717) is 6.42 Å². The van der Waals surface area contributed by atoms with E-state index in [4.69, 9.17) is 10.5 Å². The van der Waals surface area contributed by atoms with Crippen molar-refractivity contribution < 1.29 is 13.5 Å². The zero-order chi connectivity index (χ0) is 11.6. The van der Waals surface area contributed by atoms with E-state index in [-0.39, 0.29) is 19.6 Å². The average Bonchev–Trinajstić information content (AvgIpc) is 2.28. The van der Waals surface area contributed by atoms with Gasteiger partial charge in [-0.2, -0.15) is 0 Å². The van der Waals surface area contributed by atoms with Crippen LogP contribution in [0.3, 0.4) is 0 Å². The Bertz CT molecular complexity index is 368. The number of ether oxygens (including phenoxy) is 1. The zero-order valence-electron chi connectivity index (χ0n) is 8.96. The molecule has 4 heteroatoms. The number of benzene rings is 1. The predicted molar refractivity (Wildman–Crippen MR) is 57.7 cm³/mol. The Balaban J connectivity index is 2.13. The van der Waals surface area contributed by atoms with E-state index in [1.54, 1.807) is 0 Å². The normalized spacial score (nSPS) is 20.1. The topological polar surface area (TPSA) is 35.2 Å². The van der Waals surface area contributed by atoms with Crippen LogP contribution in [0.15, 0.2) is 24.3 Å². The zero-order valence-corrected chi connectivity index (χ0v) is 8.96. The highest BCUT2D eigenvalue weighted by Crippen LogP contribution is 2.36. The summed E-state index contributed by atoms with van der Waals surface area (Å²) < 4.78 is 32.6. The minimum atomic E-state index is -2.73. The molecule has 1 aromatic rings. The quantitative estimate of drug-likeness (QED) is 0.859. The number of hydrogen-bond donors (Lipinski definition) is 1. The van der Waals surface area contributed by atoms with E-state index >= 15 is 0 Å². The molecule has 0 spiro atoms. The largest absolute Gasteiger partial charge is 0.493 e. The highest BCUT2D eigenvalue weighted by Gasteiger charge is 2.41. The molecule has 0 saturated carbocycles. The Labute approximate surface area is 93.4 Å². The van der Waals surface area contributed by atoms with Crippen LogP contribution < -0.4 is 10.5 Å². The molecule has 0 saturated heterocycles. The smallest absolute Gasteiger partial charge is 0.255 e. The second kappa shape index (κ2) is 4.37. The second-order valence-corrected chi connectivity index (χ2v) is 4.12. The lowest BCUT2D eigenvalue weighted by atomic mass is 9.90. The van der Waals surface area contributed by atoms with E-state index in [0.717, 1.165) is 11.3 Å². The van der Waals surface area contributed by atoms with Gasteiger partial charge in [-0.15, -0.1) is 0 Å². The molecule has 0 radical (unpaired) electrons. The molecule has 1 atom stereocenters. The molecule has 0 aliphatic carbocycles. The van der Waals surface area contributed by atoms with Gasteiger partial charge in [0.05, 0.1) is 12.5 Å². The van der Waals surface area contributed by atoms with Gasteiger partial charge in [0.2, 0.25) is 0 Å². The molecule has 1 heterocycles. The van der Waals surface area contributed by atoms with Crippen molar-refractivity contribution in [3.05, 3.63) is 29.8 Å². The summed E-state index contributed by atoms with van der Waals surface area (Å²) in [5.74, 6) is -2.77. The van der Waals surface area contributed by atoms with Crippen LogP contribution in [0.5, 0.6) is 5.75 Å². The molecule has 2 nitrogen and oxygen atoms in total. The Morgan fingerprint density at radius 3 is 2.88 bits per heavy atom. The van der Waals surface area contributed by atoms with Crippen molar-refractivity contribution in [2.24, 2.45) is 11.7 Å². The van der Waals surface area contributed by atoms with Crippen molar-refractivity contribution in [3.8, 4) is 5.75 Å². The molecule has 88 valence electrons. The Hall–Kier alpha value is -1.16. The average molecular weight is 227 g/mol. The van der Waals surface area contributed by atoms with Gasteiger partial charge in [-0.05, 0) is 24.6 Å². The molecule has 1 aliphatic rings. The number of fused-ring (bicyclic) bond motifs is 1. The van der Waals surface area contributed by atoms with Gasteiger partial charge in [-0.3, -0.25) is 0 Å². The third-order valence-corrected chi connectivity index (χ3v) is 2.95. The maximum Gasteiger partial charge on any atom is 0.255 e. The van der Waals surface area contributed by atoms with Gasteiger partial charge in [-0.1, -0.05) is 18.2 Å². The molecular weight excluding hydrogens is 212 g/mol. The van der Waals surface area contributed by atoms with Crippen LogP contribution >= 0.6 is 0 Å². The number of para-hydroxylation sites is 1. The van der Waals surface area contributed by atoms with Crippen LogP contribution in [0.2, 0.25) is 0 Å². The summed E-state index contributed by atoms with van der Waals surface area (Å²) in [5, 5.41) is 0. The van der Waals surface area contributed by atoms with Crippen LogP contribution in [0.25, 0.3) is 0 Å². The van der Waals surface area contributed by atoms with Gasteiger partial charge < -0.3 is 10.5 Å². The summed E-state index contributed by atoms with van der Waals surface area (Å²) in [6.45, 7) is 0.0785. The molecule has 0 aromatic heterocycles. The van der Waals surface area contributed by atoms with E-state index < -0.39 is 11.8 Å². The van der Waals surface area contributed by atoms with Crippen molar-refractivity contribution in [3.63, 3.8) is 0 Å². The standard InChI is InChI=1S/C12H15F2NO/c13-12(14,5-6-15)10-7-9-3-1-2-4-11(9)16-8-10/h1-4,10H,5-8,15H2. The molecule has 1 aliphatic heterocycles. The summed E-state index contributed by atoms with van der Waals surface area (Å²) in [7, 11) is 0. The number of rotatable bonds is 3. The first-order valence-electron chi connectivity index (χ1n) is 5.42. The highest BCUT2D eigenvalue weighted by molar-refractivity contribution is 5.35. The van der Waals surface area contributed by atoms with Crippen molar-refractivity contribution in [1.82, 2.24) is 0 Å². The molecule has 16 heavy (non-hydrogen) atoms. The predicted octanol–water partition coefficient (Wildman–Crippen LogP) is 2.22. The second-order valence-electron chi connectivity index (χ2n) is 4.12. The molecule has 2 N–H and O–H groups in total. The van der Waals surface area contributed by atoms with Gasteiger partial charge in [-0.25, -0.2) is 8.78 Å². The minimum Gasteiger partial charge on any atom is -0.493 e. The highest BCUT2D eigenvalue weighted by atomic mass is 19.3. The van der Waals surface area contributed by atoms with Crippen molar-refractivity contribution >= 4 is 0 Å². The van der Waals surface area contributed by atoms with Gasteiger partial charge in [0.1, 0.15) is 5.75 Å². The summed E-state index contributed by atoms with van der Waals surface area (Å²) in [4.78, 5) is 0. The monoisotopic (exact) mass is 227 g/mol. The van der Waals surface area contributed by atoms with E-state index in [1.807, 2.05) is 24.3 Å². The van der Waals surface area contributed by atoms with Crippen LogP contribution in [0.1, 0.15) is 12.0 Å².